The van der Waals surface area contributed by atoms with Gasteiger partial charge in [-0.15, -0.1) is 0 Å². The zero-order valence-corrected chi connectivity index (χ0v) is 10.0. The van der Waals surface area contributed by atoms with Gasteiger partial charge in [0.25, 0.3) is 5.91 Å². The minimum Gasteiger partial charge on any atom is -0.384 e. The SMILES string of the molecule is Nc1cc(C(=O)NCCc2ncon2)c(Cl)cn1. The van der Waals surface area contributed by atoms with Crippen molar-refractivity contribution in [1.29, 1.82) is 0 Å². The number of aromatic nitrogens is 3. The summed E-state index contributed by atoms with van der Waals surface area (Å²) in [7, 11) is 0. The van der Waals surface area contributed by atoms with E-state index in [0.717, 1.165) is 0 Å². The standard InChI is InChI=1S/C10H10ClN5O2/c11-7-4-14-8(12)3-6(7)10(17)13-2-1-9-15-5-18-16-9/h3-5H,1-2H2,(H2,12,14)(H,13,17). The average Bonchev–Trinajstić information content (AvgIpc) is 2.85. The van der Waals surface area contributed by atoms with Gasteiger partial charge in [0, 0.05) is 19.2 Å². The van der Waals surface area contributed by atoms with E-state index in [1.807, 2.05) is 0 Å². The summed E-state index contributed by atoms with van der Waals surface area (Å²) in [5.74, 6) is 0.441. The van der Waals surface area contributed by atoms with Gasteiger partial charge < -0.3 is 15.6 Å². The number of nitrogens with two attached hydrogens (primary N) is 1. The van der Waals surface area contributed by atoms with Crippen LogP contribution in [-0.2, 0) is 6.42 Å². The number of pyridine rings is 1. The van der Waals surface area contributed by atoms with Crippen LogP contribution in [0.4, 0.5) is 5.82 Å². The first-order chi connectivity index (χ1) is 8.66. The Balaban J connectivity index is 1.93. The Morgan fingerprint density at radius 3 is 3.06 bits per heavy atom. The largest absolute Gasteiger partial charge is 0.384 e. The first kappa shape index (κ1) is 12.3. The first-order valence-corrected chi connectivity index (χ1v) is 5.49. The van der Waals surface area contributed by atoms with Crippen LogP contribution in [0, 0.1) is 0 Å². The molecule has 7 nitrogen and oxygen atoms in total. The first-order valence-electron chi connectivity index (χ1n) is 5.11. The Morgan fingerprint density at radius 1 is 1.50 bits per heavy atom. The van der Waals surface area contributed by atoms with Crippen molar-refractivity contribution in [2.75, 3.05) is 12.3 Å². The number of anilines is 1. The van der Waals surface area contributed by atoms with Crippen LogP contribution >= 0.6 is 11.6 Å². The van der Waals surface area contributed by atoms with Gasteiger partial charge in [-0.1, -0.05) is 16.8 Å². The van der Waals surface area contributed by atoms with E-state index in [1.54, 1.807) is 0 Å². The summed E-state index contributed by atoms with van der Waals surface area (Å²) in [6.07, 6.45) is 3.04. The van der Waals surface area contributed by atoms with Crippen LogP contribution in [-0.4, -0.2) is 27.6 Å². The molecular formula is C10H10ClN5O2. The third kappa shape index (κ3) is 2.95. The fourth-order valence-corrected chi connectivity index (χ4v) is 1.50. The number of nitrogens with zero attached hydrogens (tertiary/aromatic N) is 3. The molecule has 0 spiro atoms. The molecule has 0 aromatic carbocycles. The molecule has 1 amide bonds. The molecule has 18 heavy (non-hydrogen) atoms. The predicted molar refractivity (Wildman–Crippen MR) is 64.0 cm³/mol. The zero-order chi connectivity index (χ0) is 13.0. The quantitative estimate of drug-likeness (QED) is 0.843. The Kier molecular flexibility index (Phi) is 3.73. The number of hydrogen-bond acceptors (Lipinski definition) is 6. The van der Waals surface area contributed by atoms with Gasteiger partial charge in [0.2, 0.25) is 6.39 Å². The third-order valence-corrected chi connectivity index (χ3v) is 2.46. The third-order valence-electron chi connectivity index (χ3n) is 2.16. The van der Waals surface area contributed by atoms with E-state index >= 15 is 0 Å². The monoisotopic (exact) mass is 267 g/mol. The minimum atomic E-state index is -0.322. The maximum absolute atomic E-state index is 11.8. The molecule has 2 heterocycles. The number of rotatable bonds is 4. The van der Waals surface area contributed by atoms with Crippen LogP contribution in [0.25, 0.3) is 0 Å². The molecule has 0 fully saturated rings. The highest BCUT2D eigenvalue weighted by molar-refractivity contribution is 6.33. The molecular weight excluding hydrogens is 258 g/mol. The zero-order valence-electron chi connectivity index (χ0n) is 9.26. The van der Waals surface area contributed by atoms with Crippen molar-refractivity contribution >= 4 is 23.3 Å². The summed E-state index contributed by atoms with van der Waals surface area (Å²) in [5.41, 5.74) is 5.78. The summed E-state index contributed by atoms with van der Waals surface area (Å²) >= 11 is 5.85. The van der Waals surface area contributed by atoms with Gasteiger partial charge in [0.05, 0.1) is 10.6 Å². The fraction of sp³-hybridized carbons (Fsp3) is 0.200. The van der Waals surface area contributed by atoms with Crippen LogP contribution in [0.15, 0.2) is 23.2 Å². The minimum absolute atomic E-state index is 0.239. The van der Waals surface area contributed by atoms with Gasteiger partial charge in [-0.05, 0) is 6.07 Å². The van der Waals surface area contributed by atoms with E-state index in [0.29, 0.717) is 18.8 Å². The van der Waals surface area contributed by atoms with Crippen molar-refractivity contribution in [2.24, 2.45) is 0 Å². The molecule has 94 valence electrons. The van der Waals surface area contributed by atoms with Crippen LogP contribution in [0.1, 0.15) is 16.2 Å². The van der Waals surface area contributed by atoms with E-state index in [1.165, 1.54) is 18.7 Å². The summed E-state index contributed by atoms with van der Waals surface area (Å²) < 4.78 is 4.57. The van der Waals surface area contributed by atoms with E-state index in [4.69, 9.17) is 17.3 Å². The van der Waals surface area contributed by atoms with E-state index in [2.05, 4.69) is 25.0 Å². The number of amides is 1. The highest BCUT2D eigenvalue weighted by Gasteiger charge is 2.11. The number of carbonyl (C=O) groups excluding carboxylic acids is 1. The summed E-state index contributed by atoms with van der Waals surface area (Å²) in [4.78, 5) is 19.4. The van der Waals surface area contributed by atoms with Gasteiger partial charge in [-0.2, -0.15) is 4.98 Å². The van der Waals surface area contributed by atoms with Gasteiger partial charge >= 0.3 is 0 Å². The second-order valence-electron chi connectivity index (χ2n) is 3.44. The maximum atomic E-state index is 11.8. The summed E-state index contributed by atoms with van der Waals surface area (Å²) in [6, 6.07) is 1.42. The number of hydrogen-bond donors (Lipinski definition) is 2. The molecule has 2 aromatic rings. The van der Waals surface area contributed by atoms with Crippen molar-refractivity contribution in [3.63, 3.8) is 0 Å². The molecule has 0 aliphatic carbocycles. The molecule has 3 N–H and O–H groups in total. The average molecular weight is 268 g/mol. The molecule has 0 aliphatic heterocycles. The van der Waals surface area contributed by atoms with Gasteiger partial charge in [-0.25, -0.2) is 4.98 Å². The molecule has 0 atom stereocenters. The van der Waals surface area contributed by atoms with Crippen LogP contribution < -0.4 is 11.1 Å². The van der Waals surface area contributed by atoms with Crippen molar-refractivity contribution in [3.8, 4) is 0 Å². The number of halogens is 1. The molecule has 0 bridgehead atoms. The molecule has 0 aliphatic rings. The van der Waals surface area contributed by atoms with Crippen LogP contribution in [0.3, 0.4) is 0 Å². The van der Waals surface area contributed by atoms with Crippen molar-refractivity contribution in [3.05, 3.63) is 35.1 Å². The molecule has 8 heteroatoms. The molecule has 2 rings (SSSR count). The fourth-order valence-electron chi connectivity index (χ4n) is 1.31. The lowest BCUT2D eigenvalue weighted by molar-refractivity contribution is 0.0954. The number of nitrogens with one attached hydrogen (secondary N) is 1. The second kappa shape index (κ2) is 5.46. The van der Waals surface area contributed by atoms with Crippen LogP contribution in [0.2, 0.25) is 5.02 Å². The van der Waals surface area contributed by atoms with Gasteiger partial charge in [-0.3, -0.25) is 4.79 Å². The van der Waals surface area contributed by atoms with E-state index in [-0.39, 0.29) is 22.3 Å². The second-order valence-corrected chi connectivity index (χ2v) is 3.85. The Bertz CT molecular complexity index is 543. The summed E-state index contributed by atoms with van der Waals surface area (Å²) in [6.45, 7) is 0.372. The normalized spacial score (nSPS) is 10.3. The lowest BCUT2D eigenvalue weighted by Gasteiger charge is -2.05. The Labute approximate surface area is 107 Å². The van der Waals surface area contributed by atoms with Gasteiger partial charge in [0.15, 0.2) is 5.82 Å². The Hall–Kier alpha value is -2.15. The molecule has 0 saturated carbocycles. The van der Waals surface area contributed by atoms with Crippen molar-refractivity contribution < 1.29 is 9.32 Å². The molecule has 0 radical (unpaired) electrons. The lowest BCUT2D eigenvalue weighted by Crippen LogP contribution is -2.26. The highest BCUT2D eigenvalue weighted by Crippen LogP contribution is 2.16. The topological polar surface area (TPSA) is 107 Å². The number of nitrogen functional groups attached to an aromatic ring is 1. The molecule has 0 unspecified atom stereocenters. The lowest BCUT2D eigenvalue weighted by atomic mass is 10.2. The number of carbonyl (C=O) groups is 1. The van der Waals surface area contributed by atoms with E-state index in [9.17, 15) is 4.79 Å². The summed E-state index contributed by atoms with van der Waals surface area (Å²) in [5, 5.41) is 6.55. The Morgan fingerprint density at radius 2 is 2.33 bits per heavy atom. The van der Waals surface area contributed by atoms with Crippen molar-refractivity contribution in [1.82, 2.24) is 20.4 Å². The smallest absolute Gasteiger partial charge is 0.253 e. The van der Waals surface area contributed by atoms with Gasteiger partial charge in [0.1, 0.15) is 5.82 Å². The molecule has 0 saturated heterocycles. The molecule has 2 aromatic heterocycles. The predicted octanol–water partition coefficient (Wildman–Crippen LogP) is 0.673. The van der Waals surface area contributed by atoms with Crippen molar-refractivity contribution in [2.45, 2.75) is 6.42 Å². The van der Waals surface area contributed by atoms with E-state index < -0.39 is 0 Å². The van der Waals surface area contributed by atoms with Crippen LogP contribution in [0.5, 0.6) is 0 Å². The highest BCUT2D eigenvalue weighted by atomic mass is 35.5. The maximum Gasteiger partial charge on any atom is 0.253 e.